The number of hydrogen-bond donors (Lipinski definition) is 1. The molecular formula is C30H34ClN3O3. The van der Waals surface area contributed by atoms with Gasteiger partial charge in [0.1, 0.15) is 5.75 Å². The first kappa shape index (κ1) is 25.6. The summed E-state index contributed by atoms with van der Waals surface area (Å²) in [7, 11) is 1.67. The van der Waals surface area contributed by atoms with Crippen LogP contribution in [0.1, 0.15) is 35.1 Å². The first-order chi connectivity index (χ1) is 18.1. The lowest BCUT2D eigenvalue weighted by atomic mass is 10.1. The number of ether oxygens (including phenoxy) is 2. The number of carbonyl (C=O) groups is 1. The third-order valence-corrected chi connectivity index (χ3v) is 7.49. The van der Waals surface area contributed by atoms with Crippen molar-refractivity contribution in [1.82, 2.24) is 15.1 Å². The molecule has 1 N–H and O–H groups in total. The Hall–Kier alpha value is -3.06. The van der Waals surface area contributed by atoms with Gasteiger partial charge in [-0.3, -0.25) is 4.90 Å². The molecule has 0 spiro atoms. The second kappa shape index (κ2) is 12.0. The Bertz CT molecular complexity index is 1170. The molecule has 5 rings (SSSR count). The number of carbonyl (C=O) groups excluding carboxylic acids is 1. The van der Waals surface area contributed by atoms with Crippen LogP contribution in [-0.4, -0.2) is 61.7 Å². The predicted molar refractivity (Wildman–Crippen MR) is 146 cm³/mol. The number of nitrogens with one attached hydrogen (secondary N) is 1. The fourth-order valence-corrected chi connectivity index (χ4v) is 5.06. The number of piperazine rings is 1. The summed E-state index contributed by atoms with van der Waals surface area (Å²) in [4.78, 5) is 17.2. The molecule has 1 aliphatic heterocycles. The van der Waals surface area contributed by atoms with E-state index in [4.69, 9.17) is 21.1 Å². The van der Waals surface area contributed by atoms with Crippen LogP contribution in [0.4, 0.5) is 4.79 Å². The van der Waals surface area contributed by atoms with Gasteiger partial charge in [-0.25, -0.2) is 4.79 Å². The van der Waals surface area contributed by atoms with Crippen LogP contribution in [0.2, 0.25) is 5.02 Å². The van der Waals surface area contributed by atoms with Crippen molar-refractivity contribution in [2.24, 2.45) is 0 Å². The molecule has 1 heterocycles. The summed E-state index contributed by atoms with van der Waals surface area (Å²) in [5.41, 5.74) is 3.46. The average Bonchev–Trinajstić information content (AvgIpc) is 3.71. The zero-order chi connectivity index (χ0) is 25.6. The number of hydrogen-bond acceptors (Lipinski definition) is 4. The predicted octanol–water partition coefficient (Wildman–Crippen LogP) is 5.49. The van der Waals surface area contributed by atoms with Gasteiger partial charge < -0.3 is 19.7 Å². The van der Waals surface area contributed by atoms with E-state index < -0.39 is 0 Å². The van der Waals surface area contributed by atoms with Gasteiger partial charge in [-0.1, -0.05) is 66.2 Å². The van der Waals surface area contributed by atoms with Crippen LogP contribution >= 0.6 is 11.6 Å². The molecular weight excluding hydrogens is 486 g/mol. The second-order valence-electron chi connectivity index (χ2n) is 9.80. The number of methoxy groups -OCH3 is 1. The van der Waals surface area contributed by atoms with Crippen LogP contribution < -0.4 is 10.1 Å². The molecule has 1 saturated heterocycles. The highest BCUT2D eigenvalue weighted by molar-refractivity contribution is 6.30. The Kier molecular flexibility index (Phi) is 8.29. The summed E-state index contributed by atoms with van der Waals surface area (Å²) in [6, 6.07) is 26.5. The number of urea groups is 1. The minimum atomic E-state index is -0.109. The summed E-state index contributed by atoms with van der Waals surface area (Å²) in [6.45, 7) is 4.27. The number of benzene rings is 3. The van der Waals surface area contributed by atoms with E-state index in [2.05, 4.69) is 34.5 Å². The van der Waals surface area contributed by atoms with Crippen LogP contribution in [0.25, 0.3) is 0 Å². The van der Waals surface area contributed by atoms with Gasteiger partial charge >= 0.3 is 6.03 Å². The van der Waals surface area contributed by atoms with Crippen LogP contribution in [-0.2, 0) is 11.3 Å². The van der Waals surface area contributed by atoms with Crippen LogP contribution in [0.15, 0.2) is 78.9 Å². The van der Waals surface area contributed by atoms with Gasteiger partial charge in [0.15, 0.2) is 0 Å². The van der Waals surface area contributed by atoms with Crippen LogP contribution in [0.5, 0.6) is 5.75 Å². The highest BCUT2D eigenvalue weighted by Gasteiger charge is 2.40. The minimum absolute atomic E-state index is 0.0478. The Labute approximate surface area is 224 Å². The molecule has 2 aliphatic rings. The topological polar surface area (TPSA) is 54.0 Å². The molecule has 194 valence electrons. The molecule has 3 atom stereocenters. The van der Waals surface area contributed by atoms with Crippen molar-refractivity contribution in [2.75, 3.05) is 39.8 Å². The van der Waals surface area contributed by atoms with Gasteiger partial charge in [0, 0.05) is 49.7 Å². The third kappa shape index (κ3) is 6.83. The van der Waals surface area contributed by atoms with Crippen LogP contribution in [0, 0.1) is 0 Å². The molecule has 3 aromatic carbocycles. The monoisotopic (exact) mass is 519 g/mol. The van der Waals surface area contributed by atoms with Crippen molar-refractivity contribution in [3.05, 3.63) is 101 Å². The zero-order valence-corrected chi connectivity index (χ0v) is 21.9. The molecule has 3 aromatic rings. The standard InChI is InChI=1S/C30H34ClN3O3/c1-36-26-9-5-6-22(18-26)21-37-29(24-10-12-25(31)13-11-24)20-33-14-16-34(17-15-33)30(35)32-28-19-27(28)23-7-3-2-4-8-23/h2-13,18,27-29H,14-17,19-21H2,1H3,(H,32,35)/t27-,28?,29?/m0/s1. The summed E-state index contributed by atoms with van der Waals surface area (Å²) in [5, 5.41) is 3.94. The quantitative estimate of drug-likeness (QED) is 0.406. The summed E-state index contributed by atoms with van der Waals surface area (Å²) in [6.07, 6.45) is 0.908. The second-order valence-corrected chi connectivity index (χ2v) is 10.2. The van der Waals surface area contributed by atoms with E-state index in [1.54, 1.807) is 7.11 Å². The van der Waals surface area contributed by atoms with Crippen molar-refractivity contribution in [2.45, 2.75) is 31.1 Å². The zero-order valence-electron chi connectivity index (χ0n) is 21.2. The molecule has 1 aliphatic carbocycles. The smallest absolute Gasteiger partial charge is 0.317 e. The first-order valence-corrected chi connectivity index (χ1v) is 13.3. The molecule has 37 heavy (non-hydrogen) atoms. The average molecular weight is 520 g/mol. The van der Waals surface area contributed by atoms with Crippen LogP contribution in [0.3, 0.4) is 0 Å². The van der Waals surface area contributed by atoms with Gasteiger partial charge in [0.2, 0.25) is 0 Å². The van der Waals surface area contributed by atoms with E-state index in [0.29, 0.717) is 30.6 Å². The number of amides is 2. The lowest BCUT2D eigenvalue weighted by Crippen LogP contribution is -2.52. The fourth-order valence-electron chi connectivity index (χ4n) is 4.93. The highest BCUT2D eigenvalue weighted by atomic mass is 35.5. The van der Waals surface area contributed by atoms with E-state index >= 15 is 0 Å². The molecule has 7 heteroatoms. The fraction of sp³-hybridized carbons (Fsp3) is 0.367. The van der Waals surface area contributed by atoms with Gasteiger partial charge in [0.25, 0.3) is 0 Å². The molecule has 0 bridgehead atoms. The lowest BCUT2D eigenvalue weighted by Gasteiger charge is -2.36. The first-order valence-electron chi connectivity index (χ1n) is 12.9. The molecule has 2 unspecified atom stereocenters. The molecule has 6 nitrogen and oxygen atoms in total. The summed E-state index contributed by atoms with van der Waals surface area (Å²) < 4.78 is 11.8. The maximum Gasteiger partial charge on any atom is 0.317 e. The van der Waals surface area contributed by atoms with Gasteiger partial charge in [-0.2, -0.15) is 0 Å². The number of rotatable bonds is 9. The van der Waals surface area contributed by atoms with E-state index in [-0.39, 0.29) is 18.2 Å². The lowest BCUT2D eigenvalue weighted by molar-refractivity contribution is 0.00550. The van der Waals surface area contributed by atoms with Gasteiger partial charge in [0.05, 0.1) is 19.8 Å². The Morgan fingerprint density at radius 3 is 2.49 bits per heavy atom. The van der Waals surface area contributed by atoms with E-state index in [0.717, 1.165) is 42.9 Å². The van der Waals surface area contributed by atoms with Crippen molar-refractivity contribution in [3.8, 4) is 5.75 Å². The normalized spacial score (nSPS) is 20.3. The largest absolute Gasteiger partial charge is 0.497 e. The van der Waals surface area contributed by atoms with E-state index in [9.17, 15) is 4.79 Å². The molecule has 2 amide bonds. The van der Waals surface area contributed by atoms with Crippen molar-refractivity contribution >= 4 is 17.6 Å². The third-order valence-electron chi connectivity index (χ3n) is 7.24. The van der Waals surface area contributed by atoms with Crippen molar-refractivity contribution in [1.29, 1.82) is 0 Å². The van der Waals surface area contributed by atoms with E-state index in [1.807, 2.05) is 59.5 Å². The SMILES string of the molecule is COc1cccc(COC(CN2CCN(C(=O)NC3C[C@H]3c3ccccc3)CC2)c2ccc(Cl)cc2)c1. The summed E-state index contributed by atoms with van der Waals surface area (Å²) >= 11 is 6.14. The highest BCUT2D eigenvalue weighted by Crippen LogP contribution is 2.40. The Morgan fingerprint density at radius 1 is 1.00 bits per heavy atom. The molecule has 2 fully saturated rings. The maximum atomic E-state index is 12.9. The Morgan fingerprint density at radius 2 is 1.76 bits per heavy atom. The maximum absolute atomic E-state index is 12.9. The minimum Gasteiger partial charge on any atom is -0.497 e. The number of halogens is 1. The summed E-state index contributed by atoms with van der Waals surface area (Å²) in [5.74, 6) is 1.26. The number of nitrogens with zero attached hydrogens (tertiary/aromatic N) is 2. The van der Waals surface area contributed by atoms with E-state index in [1.165, 1.54) is 5.56 Å². The molecule has 1 saturated carbocycles. The molecule has 0 aromatic heterocycles. The Balaban J connectivity index is 1.14. The molecule has 0 radical (unpaired) electrons. The van der Waals surface area contributed by atoms with Gasteiger partial charge in [-0.15, -0.1) is 0 Å². The van der Waals surface area contributed by atoms with Gasteiger partial charge in [-0.05, 0) is 47.4 Å². The van der Waals surface area contributed by atoms with Crippen molar-refractivity contribution < 1.29 is 14.3 Å². The van der Waals surface area contributed by atoms with Crippen molar-refractivity contribution in [3.63, 3.8) is 0 Å².